The number of hydrogen-bond acceptors (Lipinski definition) is 0. The lowest BCUT2D eigenvalue weighted by Gasteiger charge is -2.25. The molecule has 11 heavy (non-hydrogen) atoms. The van der Waals surface area contributed by atoms with E-state index in [1.165, 1.54) is 19.3 Å². The van der Waals surface area contributed by atoms with E-state index in [4.69, 9.17) is 0 Å². The zero-order chi connectivity index (χ0) is 8.06. The largest absolute Gasteiger partial charge is 0.103 e. The maximum absolute atomic E-state index is 3.93. The Balaban J connectivity index is 2.25. The molecule has 0 aliphatic heterocycles. The van der Waals surface area contributed by atoms with E-state index < -0.39 is 0 Å². The first-order chi connectivity index (χ1) is 5.16. The second kappa shape index (κ2) is 2.12. The molecule has 2 aliphatic carbocycles. The Morgan fingerprint density at radius 1 is 1.36 bits per heavy atom. The van der Waals surface area contributed by atoms with E-state index in [9.17, 15) is 0 Å². The van der Waals surface area contributed by atoms with Gasteiger partial charge in [0.2, 0.25) is 0 Å². The molecule has 0 aromatic carbocycles. The summed E-state index contributed by atoms with van der Waals surface area (Å²) in [5.74, 6) is 2.78. The lowest BCUT2D eigenvalue weighted by molar-refractivity contribution is 0.248. The average molecular weight is 150 g/mol. The zero-order valence-electron chi connectivity index (χ0n) is 7.64. The van der Waals surface area contributed by atoms with Crippen LogP contribution in [0.25, 0.3) is 0 Å². The quantitative estimate of drug-likeness (QED) is 0.503. The predicted molar refractivity (Wildman–Crippen MR) is 48.3 cm³/mol. The van der Waals surface area contributed by atoms with Crippen molar-refractivity contribution in [1.29, 1.82) is 0 Å². The van der Waals surface area contributed by atoms with Crippen LogP contribution < -0.4 is 0 Å². The molecule has 2 aliphatic rings. The number of hydrogen-bond donors (Lipinski definition) is 0. The Hall–Kier alpha value is -0.260. The first-order valence-electron chi connectivity index (χ1n) is 4.79. The molecule has 2 bridgehead atoms. The Labute approximate surface area is 69.7 Å². The lowest BCUT2D eigenvalue weighted by Crippen LogP contribution is -2.18. The molecule has 2 saturated carbocycles. The molecule has 0 N–H and O–H groups in total. The van der Waals surface area contributed by atoms with Gasteiger partial charge >= 0.3 is 0 Å². The number of allylic oxidation sites excluding steroid dienone is 1. The van der Waals surface area contributed by atoms with Gasteiger partial charge in [0.1, 0.15) is 0 Å². The summed E-state index contributed by atoms with van der Waals surface area (Å²) in [6.07, 6.45) is 6.53. The monoisotopic (exact) mass is 150 g/mol. The van der Waals surface area contributed by atoms with Crippen molar-refractivity contribution >= 4 is 0 Å². The van der Waals surface area contributed by atoms with Gasteiger partial charge in [-0.25, -0.2) is 0 Å². The van der Waals surface area contributed by atoms with E-state index in [1.807, 2.05) is 0 Å². The van der Waals surface area contributed by atoms with Gasteiger partial charge in [0.15, 0.2) is 0 Å². The van der Waals surface area contributed by atoms with Crippen molar-refractivity contribution in [1.82, 2.24) is 0 Å². The molecule has 3 atom stereocenters. The van der Waals surface area contributed by atoms with E-state index in [2.05, 4.69) is 26.5 Å². The molecular weight excluding hydrogens is 132 g/mol. The maximum Gasteiger partial charge on any atom is -0.0200 e. The van der Waals surface area contributed by atoms with Gasteiger partial charge in [-0.1, -0.05) is 19.9 Å². The highest BCUT2D eigenvalue weighted by atomic mass is 14.6. The van der Waals surface area contributed by atoms with Crippen LogP contribution in [-0.2, 0) is 0 Å². The first kappa shape index (κ1) is 7.39. The number of rotatable bonds is 1. The Morgan fingerprint density at radius 2 is 2.09 bits per heavy atom. The van der Waals surface area contributed by atoms with Crippen LogP contribution in [0, 0.1) is 23.2 Å². The van der Waals surface area contributed by atoms with Gasteiger partial charge < -0.3 is 0 Å². The summed E-state index contributed by atoms with van der Waals surface area (Å²) in [7, 11) is 0. The fourth-order valence-electron chi connectivity index (χ4n) is 3.37. The lowest BCUT2D eigenvalue weighted by atomic mass is 9.80. The van der Waals surface area contributed by atoms with Gasteiger partial charge in [0, 0.05) is 0 Å². The molecule has 0 heteroatoms. The second-order valence-electron chi connectivity index (χ2n) is 4.84. The third-order valence-electron chi connectivity index (χ3n) is 4.21. The van der Waals surface area contributed by atoms with Crippen molar-refractivity contribution in [2.75, 3.05) is 0 Å². The minimum Gasteiger partial charge on any atom is -0.103 e. The molecule has 0 amide bonds. The van der Waals surface area contributed by atoms with E-state index in [0.29, 0.717) is 5.41 Å². The van der Waals surface area contributed by atoms with Crippen molar-refractivity contribution in [3.8, 4) is 0 Å². The molecule has 2 fully saturated rings. The maximum atomic E-state index is 3.93. The topological polar surface area (TPSA) is 0 Å². The second-order valence-corrected chi connectivity index (χ2v) is 4.84. The Morgan fingerprint density at radius 3 is 2.36 bits per heavy atom. The van der Waals surface area contributed by atoms with Crippen molar-refractivity contribution < 1.29 is 0 Å². The molecule has 0 radical (unpaired) electrons. The van der Waals surface area contributed by atoms with Crippen LogP contribution >= 0.6 is 0 Å². The van der Waals surface area contributed by atoms with Crippen molar-refractivity contribution in [2.45, 2.75) is 33.1 Å². The van der Waals surface area contributed by atoms with Crippen molar-refractivity contribution in [2.24, 2.45) is 23.2 Å². The van der Waals surface area contributed by atoms with Gasteiger partial charge in [-0.2, -0.15) is 0 Å². The molecule has 0 spiro atoms. The minimum absolute atomic E-state index is 0.624. The normalized spacial score (nSPS) is 46.2. The van der Waals surface area contributed by atoms with Crippen LogP contribution in [0.15, 0.2) is 12.7 Å². The molecule has 3 unspecified atom stereocenters. The third-order valence-corrected chi connectivity index (χ3v) is 4.21. The average Bonchev–Trinajstić information content (AvgIpc) is 2.40. The summed E-state index contributed by atoms with van der Waals surface area (Å²) in [6.45, 7) is 8.81. The molecule has 0 nitrogen and oxygen atoms in total. The summed E-state index contributed by atoms with van der Waals surface area (Å²) in [4.78, 5) is 0. The van der Waals surface area contributed by atoms with Crippen molar-refractivity contribution in [3.63, 3.8) is 0 Å². The van der Waals surface area contributed by atoms with Crippen LogP contribution in [0.2, 0.25) is 0 Å². The van der Waals surface area contributed by atoms with Crippen LogP contribution in [0.4, 0.5) is 0 Å². The number of fused-ring (bicyclic) bond motifs is 2. The van der Waals surface area contributed by atoms with Crippen LogP contribution in [-0.4, -0.2) is 0 Å². The molecule has 0 saturated heterocycles. The van der Waals surface area contributed by atoms with Crippen LogP contribution in [0.3, 0.4) is 0 Å². The standard InChI is InChI=1S/C11H18/c1-4-8-7-9-5-6-10(8)11(9,2)3/h4,8-10H,1,5-7H2,2-3H3. The van der Waals surface area contributed by atoms with E-state index in [-0.39, 0.29) is 0 Å². The summed E-state index contributed by atoms with van der Waals surface area (Å²) < 4.78 is 0. The minimum atomic E-state index is 0.624. The first-order valence-corrected chi connectivity index (χ1v) is 4.79. The smallest absolute Gasteiger partial charge is 0.0200 e. The molecule has 0 aromatic heterocycles. The van der Waals surface area contributed by atoms with E-state index in [0.717, 1.165) is 17.8 Å². The van der Waals surface area contributed by atoms with Gasteiger partial charge in [0.25, 0.3) is 0 Å². The zero-order valence-corrected chi connectivity index (χ0v) is 7.64. The van der Waals surface area contributed by atoms with Crippen molar-refractivity contribution in [3.05, 3.63) is 12.7 Å². The molecule has 2 rings (SSSR count). The molecular formula is C11H18. The summed E-state index contributed by atoms with van der Waals surface area (Å²) in [6, 6.07) is 0. The van der Waals surface area contributed by atoms with Gasteiger partial charge in [-0.05, 0) is 42.4 Å². The highest BCUT2D eigenvalue weighted by Gasteiger charge is 2.51. The highest BCUT2D eigenvalue weighted by Crippen LogP contribution is 2.60. The fourth-order valence-corrected chi connectivity index (χ4v) is 3.37. The van der Waals surface area contributed by atoms with Crippen LogP contribution in [0.5, 0.6) is 0 Å². The van der Waals surface area contributed by atoms with E-state index >= 15 is 0 Å². The van der Waals surface area contributed by atoms with Crippen LogP contribution in [0.1, 0.15) is 33.1 Å². The van der Waals surface area contributed by atoms with E-state index in [1.54, 1.807) is 0 Å². The van der Waals surface area contributed by atoms with Gasteiger partial charge in [-0.3, -0.25) is 0 Å². The summed E-state index contributed by atoms with van der Waals surface area (Å²) in [5, 5.41) is 0. The molecule has 0 heterocycles. The molecule has 62 valence electrons. The SMILES string of the molecule is C=CC1CC2CCC1C2(C)C. The predicted octanol–water partition coefficient (Wildman–Crippen LogP) is 3.24. The fraction of sp³-hybridized carbons (Fsp3) is 0.818. The summed E-state index contributed by atoms with van der Waals surface area (Å²) >= 11 is 0. The van der Waals surface area contributed by atoms with Gasteiger partial charge in [-0.15, -0.1) is 6.58 Å². The highest BCUT2D eigenvalue weighted by molar-refractivity contribution is 5.06. The Kier molecular flexibility index (Phi) is 1.42. The van der Waals surface area contributed by atoms with Gasteiger partial charge in [0.05, 0.1) is 0 Å². The molecule has 0 aromatic rings. The summed E-state index contributed by atoms with van der Waals surface area (Å²) in [5.41, 5.74) is 0.624. The third kappa shape index (κ3) is 0.816. The Bertz CT molecular complexity index is 178.